The summed E-state index contributed by atoms with van der Waals surface area (Å²) < 4.78 is 0. The summed E-state index contributed by atoms with van der Waals surface area (Å²) in [5.41, 5.74) is 14.0. The van der Waals surface area contributed by atoms with Gasteiger partial charge in [0.2, 0.25) is 0 Å². The molecule has 0 aliphatic heterocycles. The predicted molar refractivity (Wildman–Crippen MR) is 194 cm³/mol. The van der Waals surface area contributed by atoms with Gasteiger partial charge >= 0.3 is 0 Å². The molecule has 0 spiro atoms. The van der Waals surface area contributed by atoms with E-state index in [0.29, 0.717) is 5.56 Å². The predicted octanol–water partition coefficient (Wildman–Crippen LogP) is 11.3. The normalized spacial score (nSPS) is 14.7. The Labute approximate surface area is 275 Å². The number of nitrogens with zero attached hydrogens (tertiary/aromatic N) is 3. The van der Waals surface area contributed by atoms with Gasteiger partial charge in [-0.3, -0.25) is 4.98 Å². The van der Waals surface area contributed by atoms with E-state index < -0.39 is 0 Å². The van der Waals surface area contributed by atoms with E-state index in [1.807, 2.05) is 36.5 Å². The van der Waals surface area contributed by atoms with Crippen molar-refractivity contribution in [2.45, 2.75) is 38.5 Å². The SMILES string of the molecule is CC1(C)c2cc(-c3cc4c5c(ccc6cccc(c65)C4(C)C)c3)ccc2-c2ccc(N(c3ccc(C#N)cc3)c3cccnc3)cc21. The van der Waals surface area contributed by atoms with Gasteiger partial charge in [0.05, 0.1) is 23.5 Å². The molecule has 0 N–H and O–H groups in total. The van der Waals surface area contributed by atoms with Crippen LogP contribution in [0.5, 0.6) is 0 Å². The molecule has 0 atom stereocenters. The molecule has 2 aliphatic rings. The van der Waals surface area contributed by atoms with Crippen LogP contribution in [0.2, 0.25) is 0 Å². The van der Waals surface area contributed by atoms with Gasteiger partial charge in [-0.2, -0.15) is 5.26 Å². The molecule has 0 unspecified atom stereocenters. The number of rotatable bonds is 4. The van der Waals surface area contributed by atoms with Gasteiger partial charge in [0, 0.05) is 28.4 Å². The van der Waals surface area contributed by atoms with Gasteiger partial charge in [0.1, 0.15) is 0 Å². The topological polar surface area (TPSA) is 39.9 Å². The van der Waals surface area contributed by atoms with Crippen molar-refractivity contribution in [3.8, 4) is 28.3 Å². The molecule has 9 rings (SSSR count). The van der Waals surface area contributed by atoms with Crippen molar-refractivity contribution >= 4 is 38.6 Å². The van der Waals surface area contributed by atoms with Crippen LogP contribution >= 0.6 is 0 Å². The van der Waals surface area contributed by atoms with Gasteiger partial charge in [0.25, 0.3) is 0 Å². The van der Waals surface area contributed by atoms with Crippen LogP contribution in [0.15, 0.2) is 128 Å². The highest BCUT2D eigenvalue weighted by atomic mass is 15.1. The van der Waals surface area contributed by atoms with Crippen molar-refractivity contribution in [1.82, 2.24) is 4.98 Å². The van der Waals surface area contributed by atoms with E-state index >= 15 is 0 Å². The summed E-state index contributed by atoms with van der Waals surface area (Å²) in [7, 11) is 0. The Morgan fingerprint density at radius 2 is 1.23 bits per heavy atom. The molecule has 0 amide bonds. The molecule has 0 fully saturated rings. The van der Waals surface area contributed by atoms with Gasteiger partial charge in [-0.15, -0.1) is 0 Å². The van der Waals surface area contributed by atoms with E-state index in [9.17, 15) is 5.26 Å². The lowest BCUT2D eigenvalue weighted by molar-refractivity contribution is 0.660. The Balaban J connectivity index is 1.15. The smallest absolute Gasteiger partial charge is 0.0991 e. The molecular weight excluding hydrogens is 571 g/mol. The van der Waals surface area contributed by atoms with Crippen LogP contribution in [0.4, 0.5) is 17.1 Å². The van der Waals surface area contributed by atoms with Crippen LogP contribution in [0.3, 0.4) is 0 Å². The summed E-state index contributed by atoms with van der Waals surface area (Å²) in [5, 5.41) is 14.9. The van der Waals surface area contributed by atoms with Crippen molar-refractivity contribution < 1.29 is 0 Å². The first-order valence-electron chi connectivity index (χ1n) is 16.3. The largest absolute Gasteiger partial charge is 0.309 e. The molecule has 3 nitrogen and oxygen atoms in total. The van der Waals surface area contributed by atoms with Crippen molar-refractivity contribution in [1.29, 1.82) is 5.26 Å². The Morgan fingerprint density at radius 1 is 0.553 bits per heavy atom. The number of anilines is 3. The van der Waals surface area contributed by atoms with Gasteiger partial charge in [-0.05, 0) is 133 Å². The van der Waals surface area contributed by atoms with Crippen LogP contribution < -0.4 is 4.90 Å². The zero-order valence-electron chi connectivity index (χ0n) is 27.0. The maximum absolute atomic E-state index is 9.40. The Kier molecular flexibility index (Phi) is 5.66. The minimum absolute atomic E-state index is 0.0465. The fourth-order valence-corrected chi connectivity index (χ4v) is 8.23. The molecule has 47 heavy (non-hydrogen) atoms. The molecule has 6 aromatic carbocycles. The highest BCUT2D eigenvalue weighted by Gasteiger charge is 2.37. The Morgan fingerprint density at radius 3 is 2.00 bits per heavy atom. The summed E-state index contributed by atoms with van der Waals surface area (Å²) >= 11 is 0. The van der Waals surface area contributed by atoms with Crippen LogP contribution in [-0.2, 0) is 10.8 Å². The van der Waals surface area contributed by atoms with Crippen molar-refractivity contribution in [2.24, 2.45) is 0 Å². The third-order valence-electron chi connectivity index (χ3n) is 10.7. The maximum atomic E-state index is 9.40. The minimum atomic E-state index is -0.197. The molecule has 1 heterocycles. The lowest BCUT2D eigenvalue weighted by Gasteiger charge is -2.28. The standard InChI is InChI=1S/C44H33N3/c1-43(2)37-9-5-7-28-12-13-30-21-31(23-40(43)42(30)41(28)37)29-14-18-35-36-19-17-33(24-39(36)44(3,4)38(35)22-29)47(34-8-6-20-46-26-34)32-15-10-27(25-45)11-16-32/h5-24,26H,1-4H3. The molecule has 2 aliphatic carbocycles. The van der Waals surface area contributed by atoms with Gasteiger partial charge in [-0.25, -0.2) is 0 Å². The van der Waals surface area contributed by atoms with E-state index in [1.54, 1.807) is 6.20 Å². The van der Waals surface area contributed by atoms with Crippen molar-refractivity contribution in [3.05, 3.63) is 155 Å². The summed E-state index contributed by atoms with van der Waals surface area (Å²) in [6.07, 6.45) is 3.68. The number of aromatic nitrogens is 1. The number of benzene rings is 6. The highest BCUT2D eigenvalue weighted by molar-refractivity contribution is 6.15. The highest BCUT2D eigenvalue weighted by Crippen LogP contribution is 2.53. The van der Waals surface area contributed by atoms with Crippen LogP contribution in [-0.4, -0.2) is 4.98 Å². The second-order valence-electron chi connectivity index (χ2n) is 14.0. The summed E-state index contributed by atoms with van der Waals surface area (Å²) in [6.45, 7) is 9.43. The molecule has 0 bridgehead atoms. The molecule has 0 radical (unpaired) electrons. The van der Waals surface area contributed by atoms with E-state index in [-0.39, 0.29) is 10.8 Å². The van der Waals surface area contributed by atoms with Crippen molar-refractivity contribution in [3.63, 3.8) is 0 Å². The maximum Gasteiger partial charge on any atom is 0.0991 e. The second kappa shape index (κ2) is 9.64. The molecule has 1 aromatic heterocycles. The third-order valence-corrected chi connectivity index (χ3v) is 10.7. The van der Waals surface area contributed by atoms with Gasteiger partial charge in [0.15, 0.2) is 0 Å². The van der Waals surface area contributed by atoms with Crippen molar-refractivity contribution in [2.75, 3.05) is 4.90 Å². The van der Waals surface area contributed by atoms with E-state index in [2.05, 4.69) is 129 Å². The summed E-state index contributed by atoms with van der Waals surface area (Å²) in [5.74, 6) is 0. The number of fused-ring (bicyclic) bond motifs is 3. The first kappa shape index (κ1) is 27.6. The fourth-order valence-electron chi connectivity index (χ4n) is 8.23. The monoisotopic (exact) mass is 603 g/mol. The van der Waals surface area contributed by atoms with Crippen LogP contribution in [0.1, 0.15) is 55.5 Å². The molecule has 3 heteroatoms. The quantitative estimate of drug-likeness (QED) is 0.188. The first-order valence-corrected chi connectivity index (χ1v) is 16.3. The zero-order valence-corrected chi connectivity index (χ0v) is 27.0. The lowest BCUT2D eigenvalue weighted by atomic mass is 9.79. The van der Waals surface area contributed by atoms with E-state index in [0.717, 1.165) is 17.1 Å². The third kappa shape index (κ3) is 3.88. The molecule has 7 aromatic rings. The van der Waals surface area contributed by atoms with E-state index in [4.69, 9.17) is 0 Å². The lowest BCUT2D eigenvalue weighted by Crippen LogP contribution is -2.17. The van der Waals surface area contributed by atoms with Crippen LogP contribution in [0.25, 0.3) is 43.8 Å². The first-order chi connectivity index (χ1) is 22.8. The minimum Gasteiger partial charge on any atom is -0.309 e. The van der Waals surface area contributed by atoms with Gasteiger partial charge < -0.3 is 4.90 Å². The number of hydrogen-bond donors (Lipinski definition) is 0. The summed E-state index contributed by atoms with van der Waals surface area (Å²) in [4.78, 5) is 6.64. The van der Waals surface area contributed by atoms with Gasteiger partial charge in [-0.1, -0.05) is 76.2 Å². The number of hydrogen-bond acceptors (Lipinski definition) is 3. The summed E-state index contributed by atoms with van der Waals surface area (Å²) in [6, 6.07) is 44.0. The average Bonchev–Trinajstić information content (AvgIpc) is 3.48. The molecule has 224 valence electrons. The molecule has 0 saturated heterocycles. The Bertz CT molecular complexity index is 2460. The number of nitriles is 1. The zero-order chi connectivity index (χ0) is 32.1. The molecule has 0 saturated carbocycles. The Hall–Kier alpha value is -5.72. The average molecular weight is 604 g/mol. The fraction of sp³-hybridized carbons (Fsp3) is 0.136. The molecular formula is C44H33N3. The second-order valence-corrected chi connectivity index (χ2v) is 14.0. The number of pyridine rings is 1. The van der Waals surface area contributed by atoms with Crippen LogP contribution in [0, 0.1) is 11.3 Å². The van der Waals surface area contributed by atoms with E-state index in [1.165, 1.54) is 66.1 Å².